The van der Waals surface area contributed by atoms with E-state index in [2.05, 4.69) is 0 Å². The molecular formula is C16H13NO5. The Morgan fingerprint density at radius 3 is 2.50 bits per heavy atom. The summed E-state index contributed by atoms with van der Waals surface area (Å²) in [5.74, 6) is 0.0266. The molecule has 0 atom stereocenters. The molecule has 0 radical (unpaired) electrons. The Bertz CT molecular complexity index is 710. The highest BCUT2D eigenvalue weighted by molar-refractivity contribution is 5.91. The highest BCUT2D eigenvalue weighted by Crippen LogP contribution is 2.29. The van der Waals surface area contributed by atoms with E-state index >= 15 is 0 Å². The summed E-state index contributed by atoms with van der Waals surface area (Å²) in [5.41, 5.74) is 0.921. The maximum absolute atomic E-state index is 12.1. The number of nitro groups is 1. The lowest BCUT2D eigenvalue weighted by molar-refractivity contribution is -0.400. The number of benzene rings is 2. The molecule has 6 heteroatoms. The lowest BCUT2D eigenvalue weighted by atomic mass is 10.2. The molecule has 0 aromatic heterocycles. The molecule has 6 nitrogen and oxygen atoms in total. The number of hydrogen-bond donors (Lipinski definition) is 0. The highest BCUT2D eigenvalue weighted by Gasteiger charge is 2.12. The van der Waals surface area contributed by atoms with Crippen LogP contribution in [0.1, 0.15) is 15.9 Å². The molecule has 2 aromatic rings. The lowest BCUT2D eigenvalue weighted by Crippen LogP contribution is -2.09. The van der Waals surface area contributed by atoms with Gasteiger partial charge < -0.3 is 9.47 Å². The minimum Gasteiger partial charge on any atom is -0.493 e. The molecule has 112 valence electrons. The van der Waals surface area contributed by atoms with Crippen molar-refractivity contribution in [3.63, 3.8) is 0 Å². The minimum atomic E-state index is -0.570. The number of esters is 1. The average molecular weight is 299 g/mol. The van der Waals surface area contributed by atoms with Gasteiger partial charge >= 0.3 is 5.97 Å². The first-order chi connectivity index (χ1) is 10.6. The summed E-state index contributed by atoms with van der Waals surface area (Å²) in [6.07, 6.45) is 2.11. The molecule has 2 aromatic carbocycles. The number of ether oxygens (including phenoxy) is 2. The van der Waals surface area contributed by atoms with E-state index in [0.717, 1.165) is 6.20 Å². The molecule has 0 aliphatic rings. The van der Waals surface area contributed by atoms with Crippen molar-refractivity contribution in [1.29, 1.82) is 0 Å². The molecule has 0 N–H and O–H groups in total. The van der Waals surface area contributed by atoms with Crippen molar-refractivity contribution in [3.8, 4) is 11.5 Å². The van der Waals surface area contributed by atoms with Gasteiger partial charge in [0.25, 0.3) is 0 Å². The monoisotopic (exact) mass is 299 g/mol. The number of rotatable bonds is 5. The summed E-state index contributed by atoms with van der Waals surface area (Å²) >= 11 is 0. The average Bonchev–Trinajstić information content (AvgIpc) is 2.54. The maximum Gasteiger partial charge on any atom is 0.343 e. The molecule has 0 unspecified atom stereocenters. The molecule has 0 heterocycles. The normalized spacial score (nSPS) is 10.4. The maximum atomic E-state index is 12.1. The quantitative estimate of drug-likeness (QED) is 0.367. The third kappa shape index (κ3) is 3.92. The molecule has 22 heavy (non-hydrogen) atoms. The van der Waals surface area contributed by atoms with Crippen molar-refractivity contribution >= 4 is 12.0 Å². The van der Waals surface area contributed by atoms with Crippen LogP contribution in [0.2, 0.25) is 0 Å². The fourth-order valence-electron chi connectivity index (χ4n) is 1.76. The largest absolute Gasteiger partial charge is 0.493 e. The van der Waals surface area contributed by atoms with Crippen LogP contribution in [0.4, 0.5) is 0 Å². The zero-order valence-electron chi connectivity index (χ0n) is 11.8. The van der Waals surface area contributed by atoms with Crippen molar-refractivity contribution < 1.29 is 19.2 Å². The van der Waals surface area contributed by atoms with Crippen LogP contribution in [-0.4, -0.2) is 18.0 Å². The number of methoxy groups -OCH3 is 1. The van der Waals surface area contributed by atoms with Crippen LogP contribution < -0.4 is 9.47 Å². The Balaban J connectivity index is 2.26. The highest BCUT2D eigenvalue weighted by atomic mass is 16.6. The fraction of sp³-hybridized carbons (Fsp3) is 0.0625. The third-order valence-electron chi connectivity index (χ3n) is 2.79. The van der Waals surface area contributed by atoms with Crippen LogP contribution in [0.25, 0.3) is 6.08 Å². The molecule has 0 saturated carbocycles. The molecule has 0 aliphatic heterocycles. The van der Waals surface area contributed by atoms with Gasteiger partial charge in [0.2, 0.25) is 6.20 Å². The van der Waals surface area contributed by atoms with Crippen LogP contribution in [0.15, 0.2) is 54.7 Å². The van der Waals surface area contributed by atoms with E-state index in [0.29, 0.717) is 16.9 Å². The second-order valence-corrected chi connectivity index (χ2v) is 4.27. The standard InChI is InChI=1S/C16H13NO5/c1-21-14-8-7-12(9-10-17(19)20)11-15(14)22-16(18)13-5-3-2-4-6-13/h2-11H,1H3/b10-9+. The van der Waals surface area contributed by atoms with E-state index < -0.39 is 10.9 Å². The minimum absolute atomic E-state index is 0.196. The molecule has 0 saturated heterocycles. The van der Waals surface area contributed by atoms with Crippen molar-refractivity contribution in [3.05, 3.63) is 76.0 Å². The topological polar surface area (TPSA) is 78.7 Å². The summed E-state index contributed by atoms with van der Waals surface area (Å²) in [4.78, 5) is 21.8. The summed E-state index contributed by atoms with van der Waals surface area (Å²) in [5, 5.41) is 10.4. The first kappa shape index (κ1) is 15.2. The van der Waals surface area contributed by atoms with Gasteiger partial charge in [0.15, 0.2) is 11.5 Å². The summed E-state index contributed by atoms with van der Waals surface area (Å²) in [6.45, 7) is 0. The Labute approximate surface area is 126 Å². The van der Waals surface area contributed by atoms with Crippen LogP contribution >= 0.6 is 0 Å². The Hall–Kier alpha value is -3.15. The van der Waals surface area contributed by atoms with Gasteiger partial charge in [-0.15, -0.1) is 0 Å². The van der Waals surface area contributed by atoms with Gasteiger partial charge in [0.1, 0.15) is 0 Å². The first-order valence-electron chi connectivity index (χ1n) is 6.37. The van der Waals surface area contributed by atoms with Crippen molar-refractivity contribution in [2.45, 2.75) is 0 Å². The first-order valence-corrected chi connectivity index (χ1v) is 6.37. The van der Waals surface area contributed by atoms with Crippen molar-refractivity contribution in [2.75, 3.05) is 7.11 Å². The third-order valence-corrected chi connectivity index (χ3v) is 2.79. The molecule has 0 amide bonds. The second kappa shape index (κ2) is 7.03. The Morgan fingerprint density at radius 1 is 1.14 bits per heavy atom. The SMILES string of the molecule is COc1ccc(/C=C/[N+](=O)[O-])cc1OC(=O)c1ccccc1. The summed E-state index contributed by atoms with van der Waals surface area (Å²) in [6, 6.07) is 13.2. The second-order valence-electron chi connectivity index (χ2n) is 4.27. The number of nitrogens with zero attached hydrogens (tertiary/aromatic N) is 1. The van der Waals surface area contributed by atoms with E-state index in [-0.39, 0.29) is 5.75 Å². The van der Waals surface area contributed by atoms with Crippen molar-refractivity contribution in [1.82, 2.24) is 0 Å². The fourth-order valence-corrected chi connectivity index (χ4v) is 1.76. The molecular weight excluding hydrogens is 286 g/mol. The number of carbonyl (C=O) groups excluding carboxylic acids is 1. The molecule has 0 aliphatic carbocycles. The van der Waals surface area contributed by atoms with Gasteiger partial charge in [-0.3, -0.25) is 10.1 Å². The van der Waals surface area contributed by atoms with Gasteiger partial charge in [-0.1, -0.05) is 24.3 Å². The van der Waals surface area contributed by atoms with E-state index in [9.17, 15) is 14.9 Å². The van der Waals surface area contributed by atoms with E-state index in [1.807, 2.05) is 0 Å². The summed E-state index contributed by atoms with van der Waals surface area (Å²) in [7, 11) is 1.45. The zero-order valence-corrected chi connectivity index (χ0v) is 11.8. The Morgan fingerprint density at radius 2 is 1.86 bits per heavy atom. The predicted octanol–water partition coefficient (Wildman–Crippen LogP) is 3.16. The van der Waals surface area contributed by atoms with E-state index in [1.165, 1.54) is 19.3 Å². The number of carbonyl (C=O) groups is 1. The van der Waals surface area contributed by atoms with E-state index in [1.54, 1.807) is 42.5 Å². The predicted molar refractivity (Wildman–Crippen MR) is 80.4 cm³/mol. The van der Waals surface area contributed by atoms with Gasteiger partial charge in [0.05, 0.1) is 17.6 Å². The van der Waals surface area contributed by atoms with Gasteiger partial charge in [-0.25, -0.2) is 4.79 Å². The summed E-state index contributed by atoms with van der Waals surface area (Å²) < 4.78 is 10.4. The van der Waals surface area contributed by atoms with Crippen LogP contribution in [0.5, 0.6) is 11.5 Å². The molecule has 2 rings (SSSR count). The van der Waals surface area contributed by atoms with Gasteiger partial charge in [-0.05, 0) is 29.8 Å². The van der Waals surface area contributed by atoms with Crippen LogP contribution in [-0.2, 0) is 0 Å². The smallest absolute Gasteiger partial charge is 0.343 e. The van der Waals surface area contributed by atoms with Gasteiger partial charge in [-0.2, -0.15) is 0 Å². The van der Waals surface area contributed by atoms with E-state index in [4.69, 9.17) is 9.47 Å². The molecule has 0 spiro atoms. The Kier molecular flexibility index (Phi) is 4.87. The molecule has 0 bridgehead atoms. The van der Waals surface area contributed by atoms with Gasteiger partial charge in [0, 0.05) is 6.08 Å². The van der Waals surface area contributed by atoms with Crippen LogP contribution in [0.3, 0.4) is 0 Å². The molecule has 0 fully saturated rings. The zero-order chi connectivity index (χ0) is 15.9. The number of hydrogen-bond acceptors (Lipinski definition) is 5. The van der Waals surface area contributed by atoms with Crippen molar-refractivity contribution in [2.24, 2.45) is 0 Å². The lowest BCUT2D eigenvalue weighted by Gasteiger charge is -2.09. The van der Waals surface area contributed by atoms with Crippen LogP contribution in [0, 0.1) is 10.1 Å².